The summed E-state index contributed by atoms with van der Waals surface area (Å²) >= 11 is 0. The minimum absolute atomic E-state index is 0. The molecule has 0 aliphatic carbocycles. The van der Waals surface area contributed by atoms with Crippen molar-refractivity contribution in [1.29, 1.82) is 0 Å². The Morgan fingerprint density at radius 2 is 2.02 bits per heavy atom. The van der Waals surface area contributed by atoms with E-state index in [0.717, 1.165) is 69.5 Å². The van der Waals surface area contributed by atoms with E-state index in [1.54, 1.807) is 6.92 Å². The summed E-state index contributed by atoms with van der Waals surface area (Å²) < 4.78 is 25.9. The Morgan fingerprint density at radius 3 is 2.76 bits per heavy atom. The molecule has 1 unspecified atom stereocenters. The lowest BCUT2D eigenvalue weighted by Crippen LogP contribution is -2.38. The molecule has 2 aliphatic rings. The van der Waals surface area contributed by atoms with Gasteiger partial charge in [0.15, 0.2) is 11.6 Å². The molecule has 1 aromatic carbocycles. The molecular weight excluding hydrogens is 566 g/mol. The molecule has 1 fully saturated rings. The monoisotopic (exact) mass is 612 g/mol. The molecule has 0 bridgehead atoms. The fraction of sp³-hybridized carbons (Fsp3) is 0.613. The van der Waals surface area contributed by atoms with Gasteiger partial charge in [0.05, 0.1) is 13.7 Å². The highest BCUT2D eigenvalue weighted by Crippen LogP contribution is 2.37. The molecule has 7 nitrogen and oxygen atoms in total. The van der Waals surface area contributed by atoms with E-state index in [4.69, 9.17) is 14.5 Å². The first kappa shape index (κ1) is 35.1. The third-order valence-electron chi connectivity index (χ3n) is 7.85. The topological polar surface area (TPSA) is 75.7 Å². The van der Waals surface area contributed by atoms with Crippen molar-refractivity contribution in [3.8, 4) is 5.75 Å². The van der Waals surface area contributed by atoms with Gasteiger partial charge < -0.3 is 20.1 Å². The summed E-state index contributed by atoms with van der Waals surface area (Å²) in [5, 5.41) is 7.09. The molecule has 10 heteroatoms. The summed E-state index contributed by atoms with van der Waals surface area (Å²) in [6, 6.07) is 7.39. The number of carbonyl (C=O) groups excluding carboxylic acids is 1. The summed E-state index contributed by atoms with van der Waals surface area (Å²) in [5.41, 5.74) is 3.89. The molecule has 2 aromatic rings. The van der Waals surface area contributed by atoms with E-state index in [1.807, 2.05) is 19.9 Å². The first-order valence-corrected chi connectivity index (χ1v) is 14.6. The highest BCUT2D eigenvalue weighted by Gasteiger charge is 2.37. The number of anilines is 1. The van der Waals surface area contributed by atoms with Gasteiger partial charge in [0, 0.05) is 36.9 Å². The molecule has 41 heavy (non-hydrogen) atoms. The summed E-state index contributed by atoms with van der Waals surface area (Å²) in [6.45, 7) is 9.48. The van der Waals surface area contributed by atoms with Crippen LogP contribution in [0, 0.1) is 5.82 Å². The molecule has 0 saturated carbocycles. The van der Waals surface area contributed by atoms with Crippen molar-refractivity contribution >= 4 is 36.6 Å². The fourth-order valence-electron chi connectivity index (χ4n) is 5.69. The number of esters is 1. The molecule has 0 radical (unpaired) electrons. The van der Waals surface area contributed by atoms with Gasteiger partial charge in [-0.1, -0.05) is 26.3 Å². The predicted octanol–water partition coefficient (Wildman–Crippen LogP) is 6.24. The first-order valence-electron chi connectivity index (χ1n) is 14.6. The van der Waals surface area contributed by atoms with E-state index in [1.165, 1.54) is 30.9 Å². The van der Waals surface area contributed by atoms with Crippen LogP contribution in [0.15, 0.2) is 24.3 Å². The Morgan fingerprint density at radius 1 is 1.22 bits per heavy atom. The van der Waals surface area contributed by atoms with Crippen LogP contribution in [0.4, 0.5) is 10.2 Å². The van der Waals surface area contributed by atoms with E-state index in [-0.39, 0.29) is 55.1 Å². The molecule has 230 valence electrons. The molecule has 2 atom stereocenters. The van der Waals surface area contributed by atoms with Crippen LogP contribution in [-0.4, -0.2) is 61.8 Å². The minimum Gasteiger partial charge on any atom is -0.493 e. The van der Waals surface area contributed by atoms with Crippen LogP contribution in [0.3, 0.4) is 0 Å². The van der Waals surface area contributed by atoms with Gasteiger partial charge in [-0.3, -0.25) is 4.90 Å². The van der Waals surface area contributed by atoms with E-state index >= 15 is 0 Å². The van der Waals surface area contributed by atoms with Crippen LogP contribution in [0.2, 0.25) is 0 Å². The van der Waals surface area contributed by atoms with Gasteiger partial charge >= 0.3 is 5.97 Å². The van der Waals surface area contributed by atoms with E-state index in [9.17, 15) is 9.18 Å². The van der Waals surface area contributed by atoms with Crippen LogP contribution in [0.1, 0.15) is 87.2 Å². The Kier molecular flexibility index (Phi) is 14.6. The Hall–Kier alpha value is -2.13. The fourth-order valence-corrected chi connectivity index (χ4v) is 5.69. The van der Waals surface area contributed by atoms with Crippen LogP contribution in [0.5, 0.6) is 5.75 Å². The van der Waals surface area contributed by atoms with Gasteiger partial charge in [-0.2, -0.15) is 0 Å². The maximum atomic E-state index is 15.0. The van der Waals surface area contributed by atoms with Gasteiger partial charge in [-0.05, 0) is 87.2 Å². The highest BCUT2D eigenvalue weighted by atomic mass is 35.5. The number of hydrogen-bond acceptors (Lipinski definition) is 7. The quantitative estimate of drug-likeness (QED) is 0.205. The first-order chi connectivity index (χ1) is 18.9. The number of pyridine rings is 1. The van der Waals surface area contributed by atoms with Gasteiger partial charge in [0.2, 0.25) is 0 Å². The Balaban J connectivity index is 0.00000294. The zero-order chi connectivity index (χ0) is 27.8. The lowest BCUT2D eigenvalue weighted by molar-refractivity contribution is -0.149. The van der Waals surface area contributed by atoms with Crippen LogP contribution >= 0.6 is 24.8 Å². The Bertz CT molecular complexity index is 1120. The van der Waals surface area contributed by atoms with Crippen LogP contribution in [0.25, 0.3) is 0 Å². The van der Waals surface area contributed by atoms with Gasteiger partial charge in [-0.15, -0.1) is 24.8 Å². The molecule has 0 amide bonds. The average Bonchev–Trinajstić information content (AvgIpc) is 3.38. The van der Waals surface area contributed by atoms with Crippen molar-refractivity contribution in [2.75, 3.05) is 45.2 Å². The van der Waals surface area contributed by atoms with Gasteiger partial charge in [0.1, 0.15) is 11.9 Å². The maximum Gasteiger partial charge on any atom is 0.328 e. The second-order valence-electron chi connectivity index (χ2n) is 11.0. The number of halogens is 3. The molecule has 0 spiro atoms. The zero-order valence-corrected chi connectivity index (χ0v) is 26.5. The summed E-state index contributed by atoms with van der Waals surface area (Å²) in [6.07, 6.45) is 7.58. The summed E-state index contributed by atoms with van der Waals surface area (Å²) in [5.74, 6) is 0.521. The Labute approximate surface area is 257 Å². The second-order valence-corrected chi connectivity index (χ2v) is 11.0. The third-order valence-corrected chi connectivity index (χ3v) is 7.85. The molecule has 2 aliphatic heterocycles. The number of methoxy groups -OCH3 is 1. The number of nitrogens with one attached hydrogen (secondary N) is 2. The third kappa shape index (κ3) is 9.18. The van der Waals surface area contributed by atoms with Crippen molar-refractivity contribution in [3.05, 3.63) is 52.5 Å². The van der Waals surface area contributed by atoms with E-state index in [0.29, 0.717) is 12.1 Å². The van der Waals surface area contributed by atoms with Crippen molar-refractivity contribution in [2.45, 2.75) is 83.7 Å². The summed E-state index contributed by atoms with van der Waals surface area (Å²) in [7, 11) is 1.45. The largest absolute Gasteiger partial charge is 0.493 e. The number of ether oxygens (including phenoxy) is 2. The van der Waals surface area contributed by atoms with Crippen LogP contribution in [-0.2, 0) is 22.4 Å². The minimum atomic E-state index is -0.696. The maximum absolute atomic E-state index is 15.0. The molecule has 3 heterocycles. The molecule has 4 rings (SSSR count). The number of hydrogen-bond donors (Lipinski definition) is 2. The number of likely N-dealkylation sites (tertiary alicyclic amines) is 1. The normalized spacial score (nSPS) is 17.2. The van der Waals surface area contributed by atoms with Gasteiger partial charge in [-0.25, -0.2) is 14.2 Å². The lowest BCUT2D eigenvalue weighted by atomic mass is 9.95. The smallest absolute Gasteiger partial charge is 0.328 e. The highest BCUT2D eigenvalue weighted by molar-refractivity contribution is 5.85. The molecule has 2 N–H and O–H groups in total. The number of carbonyl (C=O) groups is 1. The lowest BCUT2D eigenvalue weighted by Gasteiger charge is -2.28. The molecular formula is C31H47Cl2FN4O3. The van der Waals surface area contributed by atoms with Crippen molar-refractivity contribution in [1.82, 2.24) is 15.2 Å². The van der Waals surface area contributed by atoms with Crippen molar-refractivity contribution in [2.24, 2.45) is 0 Å². The number of unbranched alkanes of at least 4 members (excludes halogenated alkanes) is 2. The second kappa shape index (κ2) is 17.1. The number of fused-ring (bicyclic) bond motifs is 1. The number of aromatic nitrogens is 1. The van der Waals surface area contributed by atoms with Gasteiger partial charge in [0.25, 0.3) is 0 Å². The molecule has 1 aromatic heterocycles. The van der Waals surface area contributed by atoms with Crippen LogP contribution < -0.4 is 15.4 Å². The number of nitrogens with zero attached hydrogens (tertiary/aromatic N) is 2. The van der Waals surface area contributed by atoms with E-state index in [2.05, 4.69) is 27.7 Å². The molecule has 1 saturated heterocycles. The number of rotatable bonds is 13. The van der Waals surface area contributed by atoms with E-state index < -0.39 is 11.9 Å². The summed E-state index contributed by atoms with van der Waals surface area (Å²) in [4.78, 5) is 20.1. The number of aryl methyl sites for hydroxylation is 2. The van der Waals surface area contributed by atoms with Crippen molar-refractivity contribution < 1.29 is 18.7 Å². The average molecular weight is 614 g/mol. The number of benzene rings is 1. The predicted molar refractivity (Wildman–Crippen MR) is 167 cm³/mol. The standard InChI is InChI=1S/C31H45FN4O3.2ClH/c1-5-39-31(37)28(26-18-23(21(2)3)19-27(32)29(26)38-4)36-17-14-25(20-36)33-15-8-6-7-11-24-13-12-22-10-9-16-34-30(22)35-24;;/h12-13,18-19,21,25,28,33H,5-11,14-17,20H2,1-4H3,(H,34,35);2*1H/t25-,28?;;/m1../s1. The SMILES string of the molecule is CCOC(=O)C(c1cc(C(C)C)cc(F)c1OC)N1CC[C@@H](NCCCCCc2ccc3c(n2)NCCC3)C1.Cl.Cl. The van der Waals surface area contributed by atoms with Crippen molar-refractivity contribution in [3.63, 3.8) is 0 Å². The zero-order valence-electron chi connectivity index (χ0n) is 24.8.